The van der Waals surface area contributed by atoms with E-state index in [0.717, 1.165) is 17.5 Å². The standard InChI is InChI=1S/C22H19N3O4/c1-3-15-9-11-16(12-10-15)20-23-18(29-25-20)13-27-22(26)19-14(2)28-21(24-19)17-7-5-4-6-8-17/h4-12H,3,13H2,1-2H3. The van der Waals surface area contributed by atoms with E-state index in [-0.39, 0.29) is 18.2 Å². The predicted octanol–water partition coefficient (Wildman–Crippen LogP) is 4.62. The molecule has 29 heavy (non-hydrogen) atoms. The summed E-state index contributed by atoms with van der Waals surface area (Å²) in [5.74, 6) is 0.794. The Bertz CT molecular complexity index is 1110. The summed E-state index contributed by atoms with van der Waals surface area (Å²) in [6, 6.07) is 17.2. The SMILES string of the molecule is CCc1ccc(-c2noc(COC(=O)c3nc(-c4ccccc4)oc3C)n2)cc1. The van der Waals surface area contributed by atoms with Gasteiger partial charge in [0, 0.05) is 11.1 Å². The minimum Gasteiger partial charge on any atom is -0.451 e. The maximum absolute atomic E-state index is 12.4. The predicted molar refractivity (Wildman–Crippen MR) is 105 cm³/mol. The van der Waals surface area contributed by atoms with Crippen molar-refractivity contribution in [2.75, 3.05) is 0 Å². The fourth-order valence-electron chi connectivity index (χ4n) is 2.81. The Morgan fingerprint density at radius 3 is 2.48 bits per heavy atom. The van der Waals surface area contributed by atoms with Crippen molar-refractivity contribution in [2.24, 2.45) is 0 Å². The van der Waals surface area contributed by atoms with Gasteiger partial charge in [-0.1, -0.05) is 54.5 Å². The second-order valence-corrected chi connectivity index (χ2v) is 6.43. The number of aromatic nitrogens is 3. The lowest BCUT2D eigenvalue weighted by Crippen LogP contribution is -2.07. The highest BCUT2D eigenvalue weighted by atomic mass is 16.6. The number of aryl methyl sites for hydroxylation is 2. The highest BCUT2D eigenvalue weighted by molar-refractivity contribution is 5.88. The molecule has 2 aromatic heterocycles. The van der Waals surface area contributed by atoms with Gasteiger partial charge in [0.1, 0.15) is 5.76 Å². The monoisotopic (exact) mass is 389 g/mol. The van der Waals surface area contributed by atoms with E-state index in [1.807, 2.05) is 54.6 Å². The second-order valence-electron chi connectivity index (χ2n) is 6.43. The number of carbonyl (C=O) groups excluding carboxylic acids is 1. The number of oxazole rings is 1. The molecule has 4 aromatic rings. The molecule has 0 aliphatic heterocycles. The van der Waals surface area contributed by atoms with E-state index in [1.165, 1.54) is 5.56 Å². The zero-order valence-electron chi connectivity index (χ0n) is 16.1. The molecule has 7 heteroatoms. The Hall–Kier alpha value is -3.74. The third-order valence-electron chi connectivity index (χ3n) is 4.43. The number of hydrogen-bond donors (Lipinski definition) is 0. The van der Waals surface area contributed by atoms with Crippen molar-refractivity contribution in [3.8, 4) is 22.8 Å². The molecular weight excluding hydrogens is 370 g/mol. The molecule has 0 unspecified atom stereocenters. The lowest BCUT2D eigenvalue weighted by Gasteiger charge is -1.99. The van der Waals surface area contributed by atoms with Crippen molar-refractivity contribution in [1.29, 1.82) is 0 Å². The van der Waals surface area contributed by atoms with Crippen LogP contribution < -0.4 is 0 Å². The molecule has 0 fully saturated rings. The van der Waals surface area contributed by atoms with E-state index in [1.54, 1.807) is 6.92 Å². The molecule has 0 amide bonds. The first-order valence-corrected chi connectivity index (χ1v) is 9.26. The van der Waals surface area contributed by atoms with E-state index in [0.29, 0.717) is 17.5 Å². The number of rotatable bonds is 6. The summed E-state index contributed by atoms with van der Waals surface area (Å²) in [5.41, 5.74) is 2.97. The summed E-state index contributed by atoms with van der Waals surface area (Å²) in [5, 5.41) is 3.94. The number of hydrogen-bond acceptors (Lipinski definition) is 7. The highest BCUT2D eigenvalue weighted by Crippen LogP contribution is 2.22. The topological polar surface area (TPSA) is 91.2 Å². The zero-order chi connectivity index (χ0) is 20.2. The number of carbonyl (C=O) groups is 1. The average molecular weight is 389 g/mol. The van der Waals surface area contributed by atoms with Gasteiger partial charge in [0.05, 0.1) is 0 Å². The van der Waals surface area contributed by atoms with Gasteiger partial charge in [-0.2, -0.15) is 4.98 Å². The first kappa shape index (κ1) is 18.6. The molecule has 2 heterocycles. The third kappa shape index (κ3) is 4.08. The summed E-state index contributed by atoms with van der Waals surface area (Å²) >= 11 is 0. The van der Waals surface area contributed by atoms with Crippen LogP contribution in [-0.2, 0) is 17.8 Å². The largest absolute Gasteiger partial charge is 0.451 e. The molecule has 146 valence electrons. The molecule has 0 saturated carbocycles. The highest BCUT2D eigenvalue weighted by Gasteiger charge is 2.20. The smallest absolute Gasteiger partial charge is 0.361 e. The van der Waals surface area contributed by atoms with Crippen molar-refractivity contribution in [2.45, 2.75) is 26.9 Å². The number of esters is 1. The van der Waals surface area contributed by atoms with Crippen LogP contribution in [0.2, 0.25) is 0 Å². The Morgan fingerprint density at radius 1 is 1.00 bits per heavy atom. The lowest BCUT2D eigenvalue weighted by molar-refractivity contribution is 0.0421. The first-order valence-electron chi connectivity index (χ1n) is 9.26. The van der Waals surface area contributed by atoms with Gasteiger partial charge in [-0.25, -0.2) is 9.78 Å². The van der Waals surface area contributed by atoms with Crippen molar-refractivity contribution >= 4 is 5.97 Å². The zero-order valence-corrected chi connectivity index (χ0v) is 16.1. The van der Waals surface area contributed by atoms with Crippen molar-refractivity contribution in [1.82, 2.24) is 15.1 Å². The maximum Gasteiger partial charge on any atom is 0.361 e. The van der Waals surface area contributed by atoms with Crippen LogP contribution in [0.1, 0.15) is 34.6 Å². The van der Waals surface area contributed by atoms with Crippen LogP contribution in [0.5, 0.6) is 0 Å². The van der Waals surface area contributed by atoms with Crippen LogP contribution >= 0.6 is 0 Å². The minimum absolute atomic E-state index is 0.124. The first-order chi connectivity index (χ1) is 14.1. The molecule has 0 radical (unpaired) electrons. The Labute approximate surface area is 167 Å². The van der Waals surface area contributed by atoms with Gasteiger partial charge >= 0.3 is 5.97 Å². The van der Waals surface area contributed by atoms with Gasteiger partial charge in [-0.15, -0.1) is 0 Å². The normalized spacial score (nSPS) is 10.8. The van der Waals surface area contributed by atoms with Crippen LogP contribution in [-0.4, -0.2) is 21.1 Å². The summed E-state index contributed by atoms with van der Waals surface area (Å²) in [4.78, 5) is 20.9. The number of ether oxygens (including phenoxy) is 1. The van der Waals surface area contributed by atoms with Crippen LogP contribution in [0, 0.1) is 6.92 Å². The van der Waals surface area contributed by atoms with E-state index in [4.69, 9.17) is 13.7 Å². The van der Waals surface area contributed by atoms with Crippen molar-refractivity contribution < 1.29 is 18.5 Å². The fraction of sp³-hybridized carbons (Fsp3) is 0.182. The Morgan fingerprint density at radius 2 is 1.76 bits per heavy atom. The van der Waals surface area contributed by atoms with Gasteiger partial charge < -0.3 is 13.7 Å². The molecule has 0 spiro atoms. The van der Waals surface area contributed by atoms with E-state index in [9.17, 15) is 4.79 Å². The molecule has 0 saturated heterocycles. The van der Waals surface area contributed by atoms with E-state index < -0.39 is 5.97 Å². The second kappa shape index (κ2) is 8.10. The Balaban J connectivity index is 1.42. The van der Waals surface area contributed by atoms with Gasteiger partial charge in [0.15, 0.2) is 12.3 Å². The minimum atomic E-state index is -0.611. The molecule has 0 atom stereocenters. The van der Waals surface area contributed by atoms with Crippen molar-refractivity contribution in [3.63, 3.8) is 0 Å². The quantitative estimate of drug-likeness (QED) is 0.444. The van der Waals surface area contributed by atoms with Gasteiger partial charge in [-0.05, 0) is 31.0 Å². The van der Waals surface area contributed by atoms with Gasteiger partial charge in [0.25, 0.3) is 5.89 Å². The van der Waals surface area contributed by atoms with Crippen LogP contribution in [0.4, 0.5) is 0 Å². The molecule has 0 aliphatic carbocycles. The van der Waals surface area contributed by atoms with Gasteiger partial charge in [-0.3, -0.25) is 0 Å². The van der Waals surface area contributed by atoms with Crippen molar-refractivity contribution in [3.05, 3.63) is 77.5 Å². The molecule has 4 rings (SSSR count). The van der Waals surface area contributed by atoms with Gasteiger partial charge in [0.2, 0.25) is 11.7 Å². The summed E-state index contributed by atoms with van der Waals surface area (Å²) in [6.45, 7) is 3.61. The molecule has 7 nitrogen and oxygen atoms in total. The van der Waals surface area contributed by atoms with Crippen LogP contribution in [0.25, 0.3) is 22.8 Å². The van der Waals surface area contributed by atoms with E-state index >= 15 is 0 Å². The summed E-state index contributed by atoms with van der Waals surface area (Å²) in [7, 11) is 0. The lowest BCUT2D eigenvalue weighted by atomic mass is 10.1. The Kier molecular flexibility index (Phi) is 5.20. The third-order valence-corrected chi connectivity index (χ3v) is 4.43. The molecule has 0 N–H and O–H groups in total. The molecule has 0 bridgehead atoms. The molecule has 2 aromatic carbocycles. The van der Waals surface area contributed by atoms with Crippen LogP contribution in [0.15, 0.2) is 63.5 Å². The summed E-state index contributed by atoms with van der Waals surface area (Å²) in [6.07, 6.45) is 0.960. The molecular formula is C22H19N3O4. The van der Waals surface area contributed by atoms with Crippen LogP contribution in [0.3, 0.4) is 0 Å². The average Bonchev–Trinajstić information content (AvgIpc) is 3.40. The maximum atomic E-state index is 12.4. The fourth-order valence-corrected chi connectivity index (χ4v) is 2.81. The number of nitrogens with zero attached hydrogens (tertiary/aromatic N) is 3. The number of benzene rings is 2. The molecule has 0 aliphatic rings. The van der Waals surface area contributed by atoms with E-state index in [2.05, 4.69) is 22.0 Å². The summed E-state index contributed by atoms with van der Waals surface area (Å²) < 4.78 is 16.0.